The van der Waals surface area contributed by atoms with Crippen molar-refractivity contribution in [1.29, 1.82) is 0 Å². The summed E-state index contributed by atoms with van der Waals surface area (Å²) in [6.45, 7) is 1.23. The van der Waals surface area contributed by atoms with Gasteiger partial charge in [0.25, 0.3) is 0 Å². The topological polar surface area (TPSA) is 249 Å². The number of aliphatic hydroxyl groups is 3. The van der Waals surface area contributed by atoms with Gasteiger partial charge in [-0.1, -0.05) is 60.1 Å². The summed E-state index contributed by atoms with van der Waals surface area (Å²) in [6.07, 6.45) is -7.34. The van der Waals surface area contributed by atoms with E-state index in [1.807, 2.05) is 54.7 Å². The number of methoxy groups -OCH3 is 1. The molecule has 17 nitrogen and oxygen atoms in total. The summed E-state index contributed by atoms with van der Waals surface area (Å²) in [7, 11) is 1.57. The molecule has 0 aromatic heterocycles. The lowest BCUT2D eigenvalue weighted by Gasteiger charge is -2.50. The highest BCUT2D eigenvalue weighted by Crippen LogP contribution is 2.61. The van der Waals surface area contributed by atoms with Gasteiger partial charge in [-0.3, -0.25) is 19.5 Å². The van der Waals surface area contributed by atoms with Crippen LogP contribution in [0.3, 0.4) is 0 Å². The van der Waals surface area contributed by atoms with Crippen molar-refractivity contribution in [2.75, 3.05) is 20.3 Å². The number of fused-ring (bicyclic) bond motifs is 6. The molecule has 1 fully saturated rings. The molecular weight excluding hydrogens is 829 g/mol. The molecule has 8 aliphatic heterocycles. The summed E-state index contributed by atoms with van der Waals surface area (Å²) >= 11 is 0. The minimum absolute atomic E-state index is 0.102. The second-order valence-electron chi connectivity index (χ2n) is 16.7. The van der Waals surface area contributed by atoms with E-state index in [1.54, 1.807) is 19.4 Å². The number of carboxylic acid groups (broad SMARTS) is 1. The summed E-state index contributed by atoms with van der Waals surface area (Å²) in [5.41, 5.74) is 15.1. The van der Waals surface area contributed by atoms with Crippen molar-refractivity contribution in [1.82, 2.24) is 0 Å². The first kappa shape index (κ1) is 41.6. The van der Waals surface area contributed by atoms with Crippen molar-refractivity contribution in [3.8, 4) is 52.4 Å². The summed E-state index contributed by atoms with van der Waals surface area (Å²) in [5.74, 6) is 11.4. The maximum atomic E-state index is 12.6. The van der Waals surface area contributed by atoms with Gasteiger partial charge < -0.3 is 65.1 Å². The van der Waals surface area contributed by atoms with Gasteiger partial charge in [0.15, 0.2) is 17.6 Å². The Bertz CT molecular complexity index is 2640. The molecule has 64 heavy (non-hydrogen) atoms. The van der Waals surface area contributed by atoms with Gasteiger partial charge in [0.1, 0.15) is 79.0 Å². The molecule has 0 radical (unpaired) electrons. The first-order chi connectivity index (χ1) is 30.9. The zero-order valence-electron chi connectivity index (χ0n) is 34.4. The highest BCUT2D eigenvalue weighted by atomic mass is 16.7. The van der Waals surface area contributed by atoms with Crippen LogP contribution in [0.4, 0.5) is 0 Å². The Kier molecular flexibility index (Phi) is 10.6. The third-order valence-corrected chi connectivity index (χ3v) is 12.7. The van der Waals surface area contributed by atoms with Crippen LogP contribution in [0.2, 0.25) is 0 Å². The van der Waals surface area contributed by atoms with Gasteiger partial charge in [-0.05, 0) is 17.7 Å². The minimum Gasteiger partial charge on any atom is -0.493 e. The molecule has 8 aliphatic rings. The fourth-order valence-electron chi connectivity index (χ4n) is 9.78. The number of benzene rings is 3. The average molecular weight is 874 g/mol. The number of aliphatic hydroxyl groups excluding tert-OH is 2. The van der Waals surface area contributed by atoms with Crippen LogP contribution in [-0.2, 0) is 25.6 Å². The van der Waals surface area contributed by atoms with Crippen molar-refractivity contribution in [2.45, 2.75) is 92.3 Å². The summed E-state index contributed by atoms with van der Waals surface area (Å²) in [6, 6.07) is 15.4. The second-order valence-corrected chi connectivity index (χ2v) is 16.7. The van der Waals surface area contributed by atoms with Gasteiger partial charge in [0.05, 0.1) is 37.3 Å². The van der Waals surface area contributed by atoms with Crippen molar-refractivity contribution in [3.05, 3.63) is 99.9 Å². The summed E-state index contributed by atoms with van der Waals surface area (Å²) in [5, 5.41) is 44.6. The minimum atomic E-state index is -2.46. The number of esters is 1. The van der Waals surface area contributed by atoms with E-state index in [4.69, 9.17) is 44.6 Å². The lowest BCUT2D eigenvalue weighted by molar-refractivity contribution is -0.851. The van der Waals surface area contributed by atoms with Gasteiger partial charge in [0.2, 0.25) is 12.0 Å². The van der Waals surface area contributed by atoms with E-state index < -0.39 is 91.3 Å². The van der Waals surface area contributed by atoms with E-state index in [1.165, 1.54) is 0 Å². The Morgan fingerprint density at radius 2 is 1.89 bits per heavy atom. The van der Waals surface area contributed by atoms with Crippen molar-refractivity contribution >= 4 is 18.2 Å². The zero-order chi connectivity index (χ0) is 44.4. The van der Waals surface area contributed by atoms with Gasteiger partial charge in [-0.2, -0.15) is 0 Å². The number of quaternary nitrogens is 1. The summed E-state index contributed by atoms with van der Waals surface area (Å²) < 4.78 is 44.6. The molecule has 1 saturated heterocycles. The van der Waals surface area contributed by atoms with Crippen LogP contribution in [0, 0.1) is 23.7 Å². The number of allylic oxidation sites excluding steroid dienone is 1. The monoisotopic (exact) mass is 873 g/mol. The quantitative estimate of drug-likeness (QED) is 0.0667. The van der Waals surface area contributed by atoms with Crippen LogP contribution in [0.25, 0.3) is 0 Å². The number of nitrogens with zero attached hydrogens (tertiary/aromatic N) is 1. The molecule has 0 aliphatic carbocycles. The Labute approximate surface area is 366 Å². The van der Waals surface area contributed by atoms with E-state index in [-0.39, 0.29) is 5.75 Å². The molecule has 11 rings (SSSR count). The Balaban J connectivity index is 1.15. The number of carboxylic acids is 1. The van der Waals surface area contributed by atoms with E-state index in [0.29, 0.717) is 65.8 Å². The average Bonchev–Trinajstić information content (AvgIpc) is 3.99. The maximum Gasteiger partial charge on any atom is 0.317 e. The third-order valence-electron chi connectivity index (χ3n) is 12.7. The molecule has 0 amide bonds. The molecule has 330 valence electrons. The first-order valence-electron chi connectivity index (χ1n) is 21.0. The third kappa shape index (κ3) is 7.02. The molecule has 17 heteroatoms. The Hall–Kier alpha value is -6.41. The summed E-state index contributed by atoms with van der Waals surface area (Å²) in [4.78, 5) is 29.5. The normalized spacial score (nSPS) is 30.3. The highest BCUT2D eigenvalue weighted by molar-refractivity contribution is 5.90. The number of hydrogen-bond acceptors (Lipinski definition) is 15. The number of hydrogen-bond donors (Lipinski definition) is 7. The smallest absolute Gasteiger partial charge is 0.317 e. The van der Waals surface area contributed by atoms with Crippen LogP contribution in [-0.4, -0.2) is 107 Å². The second kappa shape index (κ2) is 16.3. The van der Waals surface area contributed by atoms with Crippen molar-refractivity contribution < 1.29 is 68.1 Å². The van der Waals surface area contributed by atoms with Crippen LogP contribution in [0.15, 0.2) is 77.1 Å². The number of nitrogens with one attached hydrogen (secondary N) is 1. The molecule has 11 unspecified atom stereocenters. The lowest BCUT2D eigenvalue weighted by Crippen LogP contribution is -3.05. The number of nitrogens with two attached hydrogens (primary N) is 2. The maximum absolute atomic E-state index is 12.6. The van der Waals surface area contributed by atoms with Gasteiger partial charge in [-0.15, -0.1) is 0 Å². The number of aliphatic carboxylic acids is 1. The molecule has 3 aromatic rings. The lowest BCUT2D eigenvalue weighted by atomic mass is 9.75. The molecule has 3 aromatic carbocycles. The van der Waals surface area contributed by atoms with E-state index >= 15 is 0 Å². The van der Waals surface area contributed by atoms with E-state index in [0.717, 1.165) is 27.3 Å². The van der Waals surface area contributed by atoms with Crippen molar-refractivity contribution in [2.24, 2.45) is 16.5 Å². The SMILES string of the molecule is COc1ccc2c3c1OCCC#CC(c1ccccc1)C1Oc4cc5c(c(C[NH+]6C=C7N=CC=C7C6)c4C(O3)C21)C#CCC1(O)C(O)C(O)C(O5)OC1C(OC(=O)CC(=O)O)C(N)N. The molecule has 0 spiro atoms. The standard InChI is InChI=1S/C47H44N4O13/c1-58-30-13-12-27-36-38-25(23-8-3-2-4-9-23)10-5-6-17-59-40(30)39(27)63-41(36)35-28(21-51-20-24-14-16-50-29(24)22-51)26-11-7-15-47(57)43(56)37(55)46(61-31(26)18-32(35)60-38)64-44(47)42(45(48)49)62-34(54)19-33(52)53/h2-4,8-9,12-14,16,18,22,25,36-38,41-46,55-57H,6,15,17,19-21,48-49H2,1H3,(H,52,53)/p+1. The largest absolute Gasteiger partial charge is 0.493 e. The van der Waals surface area contributed by atoms with Gasteiger partial charge in [-0.25, -0.2) is 0 Å². The van der Waals surface area contributed by atoms with Crippen molar-refractivity contribution in [3.63, 3.8) is 0 Å². The Morgan fingerprint density at radius 3 is 2.66 bits per heavy atom. The number of carbonyl (C=O) groups is 2. The van der Waals surface area contributed by atoms with E-state index in [9.17, 15) is 30.0 Å². The van der Waals surface area contributed by atoms with Crippen LogP contribution in [0.5, 0.6) is 28.7 Å². The zero-order valence-corrected chi connectivity index (χ0v) is 34.4. The van der Waals surface area contributed by atoms with Gasteiger partial charge in [0, 0.05) is 47.4 Å². The number of carbonyl (C=O) groups excluding carboxylic acids is 1. The molecule has 8 heterocycles. The van der Waals surface area contributed by atoms with Crippen LogP contribution < -0.4 is 40.1 Å². The number of ether oxygens (including phenoxy) is 7. The van der Waals surface area contributed by atoms with E-state index in [2.05, 4.69) is 28.7 Å². The molecular formula is C47H45N4O13+. The molecule has 6 bridgehead atoms. The molecule has 0 saturated carbocycles. The predicted molar refractivity (Wildman–Crippen MR) is 223 cm³/mol. The Morgan fingerprint density at radius 1 is 1.06 bits per heavy atom. The first-order valence-corrected chi connectivity index (χ1v) is 21.0. The van der Waals surface area contributed by atoms with Crippen LogP contribution in [0.1, 0.15) is 65.0 Å². The fourth-order valence-corrected chi connectivity index (χ4v) is 9.78. The number of aliphatic imine (C=N–C) groups is 1. The molecule has 11 atom stereocenters. The van der Waals surface area contributed by atoms with Crippen LogP contribution >= 0.6 is 0 Å². The number of rotatable bonds is 9. The molecule has 9 N–H and O–H groups in total. The fraction of sp³-hybridized carbons (Fsp3) is 0.383. The highest BCUT2D eigenvalue weighted by Gasteiger charge is 2.60. The van der Waals surface area contributed by atoms with Gasteiger partial charge >= 0.3 is 11.9 Å². The predicted octanol–water partition coefficient (Wildman–Crippen LogP) is 0.436.